The van der Waals surface area contributed by atoms with Crippen molar-refractivity contribution < 1.29 is 4.79 Å². The lowest BCUT2D eigenvalue weighted by Crippen LogP contribution is -2.23. The van der Waals surface area contributed by atoms with Gasteiger partial charge in [-0.25, -0.2) is 4.98 Å². The van der Waals surface area contributed by atoms with Crippen LogP contribution in [-0.2, 0) is 4.79 Å². The molecule has 0 atom stereocenters. The maximum absolute atomic E-state index is 11.6. The molecule has 4 N–H and O–H groups in total. The molecule has 0 saturated carbocycles. The minimum atomic E-state index is -0.0852. The molecule has 0 fully saturated rings. The molecule has 2 aromatic rings. The smallest absolute Gasteiger partial charge is 0.244 e. The van der Waals surface area contributed by atoms with E-state index in [4.69, 9.17) is 5.73 Å². The van der Waals surface area contributed by atoms with Gasteiger partial charge in [0.2, 0.25) is 5.91 Å². The molecule has 0 bridgehead atoms. The monoisotopic (exact) mass is 296 g/mol. The number of anilines is 2. The van der Waals surface area contributed by atoms with Crippen LogP contribution in [0.5, 0.6) is 0 Å². The highest BCUT2D eigenvalue weighted by atomic mass is 16.1. The lowest BCUT2D eigenvalue weighted by atomic mass is 10.2. The van der Waals surface area contributed by atoms with Gasteiger partial charge in [-0.3, -0.25) is 4.79 Å². The summed E-state index contributed by atoms with van der Waals surface area (Å²) in [5, 5.41) is 6.06. The van der Waals surface area contributed by atoms with Crippen LogP contribution in [0.3, 0.4) is 0 Å². The number of benzene rings is 1. The third-order valence-electron chi connectivity index (χ3n) is 2.99. The van der Waals surface area contributed by atoms with Crippen molar-refractivity contribution in [3.63, 3.8) is 0 Å². The Morgan fingerprint density at radius 3 is 2.68 bits per heavy atom. The molecule has 22 heavy (non-hydrogen) atoms. The van der Waals surface area contributed by atoms with Gasteiger partial charge in [-0.05, 0) is 30.2 Å². The summed E-state index contributed by atoms with van der Waals surface area (Å²) in [4.78, 5) is 15.6. The molecule has 0 unspecified atom stereocenters. The average Bonchev–Trinajstić information content (AvgIpc) is 2.55. The molecule has 0 spiro atoms. The SMILES string of the molecule is Nc1ccc(NCCCNC(=O)/C=C/c2ccccc2)cn1. The van der Waals surface area contributed by atoms with Crippen LogP contribution in [0.1, 0.15) is 12.0 Å². The summed E-state index contributed by atoms with van der Waals surface area (Å²) >= 11 is 0. The van der Waals surface area contributed by atoms with Crippen LogP contribution in [0, 0.1) is 0 Å². The Bertz CT molecular complexity index is 608. The molecule has 0 saturated heterocycles. The van der Waals surface area contributed by atoms with Gasteiger partial charge >= 0.3 is 0 Å². The maximum atomic E-state index is 11.6. The summed E-state index contributed by atoms with van der Waals surface area (Å²) in [6.07, 6.45) is 5.87. The van der Waals surface area contributed by atoms with Crippen molar-refractivity contribution in [3.05, 3.63) is 60.3 Å². The number of aromatic nitrogens is 1. The van der Waals surface area contributed by atoms with Crippen molar-refractivity contribution in [1.82, 2.24) is 10.3 Å². The zero-order valence-electron chi connectivity index (χ0n) is 12.3. The lowest BCUT2D eigenvalue weighted by Gasteiger charge is -2.06. The molecule has 2 rings (SSSR count). The second-order valence-electron chi connectivity index (χ2n) is 4.79. The Labute approximate surface area is 130 Å². The van der Waals surface area contributed by atoms with Crippen molar-refractivity contribution in [3.8, 4) is 0 Å². The predicted molar refractivity (Wildman–Crippen MR) is 90.2 cm³/mol. The summed E-state index contributed by atoms with van der Waals surface area (Å²) in [5.41, 5.74) is 7.44. The summed E-state index contributed by atoms with van der Waals surface area (Å²) in [5.74, 6) is 0.418. The fraction of sp³-hybridized carbons (Fsp3) is 0.176. The Hall–Kier alpha value is -2.82. The minimum Gasteiger partial charge on any atom is -0.384 e. The van der Waals surface area contributed by atoms with Gasteiger partial charge in [-0.2, -0.15) is 0 Å². The fourth-order valence-electron chi connectivity index (χ4n) is 1.84. The second kappa shape index (κ2) is 8.46. The van der Waals surface area contributed by atoms with E-state index in [1.165, 1.54) is 0 Å². The van der Waals surface area contributed by atoms with Crippen LogP contribution in [0.2, 0.25) is 0 Å². The number of carbonyl (C=O) groups excluding carboxylic acids is 1. The number of nitrogen functional groups attached to an aromatic ring is 1. The molecule has 0 aliphatic rings. The number of nitrogens with zero attached hydrogens (tertiary/aromatic N) is 1. The van der Waals surface area contributed by atoms with Crippen LogP contribution >= 0.6 is 0 Å². The van der Waals surface area contributed by atoms with Crippen LogP contribution in [-0.4, -0.2) is 24.0 Å². The quantitative estimate of drug-likeness (QED) is 0.541. The summed E-state index contributed by atoms with van der Waals surface area (Å²) in [6.45, 7) is 1.38. The number of amides is 1. The zero-order chi connectivity index (χ0) is 15.6. The highest BCUT2D eigenvalue weighted by Gasteiger charge is 1.96. The first-order valence-corrected chi connectivity index (χ1v) is 7.20. The third-order valence-corrected chi connectivity index (χ3v) is 2.99. The molecular formula is C17H20N4O. The van der Waals surface area contributed by atoms with Crippen molar-refractivity contribution in [2.75, 3.05) is 24.1 Å². The van der Waals surface area contributed by atoms with Gasteiger partial charge in [-0.15, -0.1) is 0 Å². The average molecular weight is 296 g/mol. The molecule has 0 aliphatic carbocycles. The predicted octanol–water partition coefficient (Wildman–Crippen LogP) is 2.30. The van der Waals surface area contributed by atoms with Crippen molar-refractivity contribution >= 4 is 23.5 Å². The Morgan fingerprint density at radius 1 is 1.14 bits per heavy atom. The maximum Gasteiger partial charge on any atom is 0.244 e. The molecule has 1 heterocycles. The van der Waals surface area contributed by atoms with E-state index in [0.29, 0.717) is 12.4 Å². The van der Waals surface area contributed by atoms with Gasteiger partial charge in [0.15, 0.2) is 0 Å². The van der Waals surface area contributed by atoms with Crippen molar-refractivity contribution in [1.29, 1.82) is 0 Å². The topological polar surface area (TPSA) is 80.0 Å². The number of pyridine rings is 1. The Balaban J connectivity index is 1.61. The van der Waals surface area contributed by atoms with E-state index in [1.807, 2.05) is 36.4 Å². The first-order valence-electron chi connectivity index (χ1n) is 7.20. The zero-order valence-corrected chi connectivity index (χ0v) is 12.3. The van der Waals surface area contributed by atoms with Gasteiger partial charge in [0.1, 0.15) is 5.82 Å². The summed E-state index contributed by atoms with van der Waals surface area (Å²) in [6, 6.07) is 13.4. The number of carbonyl (C=O) groups is 1. The first kappa shape index (κ1) is 15.6. The highest BCUT2D eigenvalue weighted by Crippen LogP contribution is 2.06. The van der Waals surface area contributed by atoms with Crippen molar-refractivity contribution in [2.45, 2.75) is 6.42 Å². The molecule has 1 aromatic carbocycles. The van der Waals surface area contributed by atoms with Crippen molar-refractivity contribution in [2.24, 2.45) is 0 Å². The molecule has 5 nitrogen and oxygen atoms in total. The van der Waals surface area contributed by atoms with Gasteiger partial charge in [-0.1, -0.05) is 30.3 Å². The molecular weight excluding hydrogens is 276 g/mol. The fourth-order valence-corrected chi connectivity index (χ4v) is 1.84. The van der Waals surface area contributed by atoms with Crippen LogP contribution in [0.4, 0.5) is 11.5 Å². The van der Waals surface area contributed by atoms with E-state index in [9.17, 15) is 4.79 Å². The number of rotatable bonds is 7. The van der Waals surface area contributed by atoms with E-state index < -0.39 is 0 Å². The molecule has 1 amide bonds. The Kier molecular flexibility index (Phi) is 5.99. The standard InChI is InChI=1S/C17H20N4O/c18-16-9-8-15(13-21-16)19-11-4-12-20-17(22)10-7-14-5-2-1-3-6-14/h1-3,5-10,13,19H,4,11-12H2,(H2,18,21)(H,20,22)/b10-7+. The van der Waals surface area contributed by atoms with Crippen LogP contribution < -0.4 is 16.4 Å². The van der Waals surface area contributed by atoms with Gasteiger partial charge in [0.25, 0.3) is 0 Å². The van der Waals surface area contributed by atoms with E-state index in [-0.39, 0.29) is 5.91 Å². The minimum absolute atomic E-state index is 0.0852. The lowest BCUT2D eigenvalue weighted by molar-refractivity contribution is -0.116. The highest BCUT2D eigenvalue weighted by molar-refractivity contribution is 5.91. The van der Waals surface area contributed by atoms with E-state index in [2.05, 4.69) is 15.6 Å². The number of hydrogen-bond acceptors (Lipinski definition) is 4. The normalized spacial score (nSPS) is 10.5. The summed E-state index contributed by atoms with van der Waals surface area (Å²) < 4.78 is 0. The number of nitrogens with one attached hydrogen (secondary N) is 2. The van der Waals surface area contributed by atoms with Crippen LogP contribution in [0.25, 0.3) is 6.08 Å². The Morgan fingerprint density at radius 2 is 1.95 bits per heavy atom. The summed E-state index contributed by atoms with van der Waals surface area (Å²) in [7, 11) is 0. The van der Waals surface area contributed by atoms with E-state index in [0.717, 1.165) is 24.2 Å². The van der Waals surface area contributed by atoms with Gasteiger partial charge in [0, 0.05) is 19.2 Å². The van der Waals surface area contributed by atoms with E-state index >= 15 is 0 Å². The second-order valence-corrected chi connectivity index (χ2v) is 4.79. The van der Waals surface area contributed by atoms with Crippen LogP contribution in [0.15, 0.2) is 54.7 Å². The number of nitrogens with two attached hydrogens (primary N) is 1. The molecule has 5 heteroatoms. The van der Waals surface area contributed by atoms with Gasteiger partial charge in [0.05, 0.1) is 11.9 Å². The van der Waals surface area contributed by atoms with E-state index in [1.54, 1.807) is 24.4 Å². The molecule has 1 aromatic heterocycles. The molecule has 0 radical (unpaired) electrons. The molecule has 0 aliphatic heterocycles. The first-order chi connectivity index (χ1) is 10.7. The molecule has 114 valence electrons. The number of hydrogen-bond donors (Lipinski definition) is 3. The largest absolute Gasteiger partial charge is 0.384 e. The third kappa shape index (κ3) is 5.66. The van der Waals surface area contributed by atoms with Gasteiger partial charge < -0.3 is 16.4 Å².